The molecule has 13 heteroatoms. The summed E-state index contributed by atoms with van der Waals surface area (Å²) in [6.45, 7) is 0. The van der Waals surface area contributed by atoms with E-state index in [1.54, 1.807) is 31.5 Å². The maximum atomic E-state index is 15.0. The molecule has 0 radical (unpaired) electrons. The molecule has 4 aromatic heterocycles. The summed E-state index contributed by atoms with van der Waals surface area (Å²) in [5.74, 6) is 0.326. The number of rotatable bonds is 6. The van der Waals surface area contributed by atoms with Gasteiger partial charge in [-0.25, -0.2) is 19.3 Å². The van der Waals surface area contributed by atoms with Gasteiger partial charge in [0.1, 0.15) is 33.5 Å². The number of aromatic amines is 1. The molecule has 1 aliphatic carbocycles. The average Bonchev–Trinajstić information content (AvgIpc) is 3.68. The van der Waals surface area contributed by atoms with Crippen LogP contribution in [0.1, 0.15) is 35.1 Å². The number of pyridine rings is 1. The second kappa shape index (κ2) is 10.2. The molecule has 1 aliphatic rings. The van der Waals surface area contributed by atoms with Crippen LogP contribution in [-0.4, -0.2) is 59.9 Å². The smallest absolute Gasteiger partial charge is 0.280 e. The minimum Gasteiger partial charge on any atom is -0.381 e. The number of methoxy groups -OCH3 is 1. The highest BCUT2D eigenvalue weighted by Gasteiger charge is 2.34. The molecule has 4 heterocycles. The molecule has 6 rings (SSSR count). The first kappa shape index (κ1) is 24.6. The van der Waals surface area contributed by atoms with Crippen LogP contribution in [-0.2, 0) is 4.74 Å². The van der Waals surface area contributed by atoms with Gasteiger partial charge in [-0.1, -0.05) is 35.1 Å². The predicted octanol–water partition coefficient (Wildman–Crippen LogP) is 4.67. The molecule has 1 fully saturated rings. The summed E-state index contributed by atoms with van der Waals surface area (Å²) >= 11 is 7.10. The summed E-state index contributed by atoms with van der Waals surface area (Å²) in [6.07, 6.45) is 6.25. The number of amides is 1. The molecule has 1 aromatic carbocycles. The van der Waals surface area contributed by atoms with E-state index >= 15 is 4.39 Å². The number of carbonyl (C=O) groups excluding carboxylic acids is 1. The number of nitrogens with one attached hydrogen (secondary N) is 2. The number of thiazole rings is 1. The normalized spacial score (nSPS) is 19.6. The van der Waals surface area contributed by atoms with Crippen molar-refractivity contribution in [1.82, 2.24) is 40.0 Å². The molecular weight excluding hydrogens is 531 g/mol. The second-order valence-electron chi connectivity index (χ2n) is 9.04. The highest BCUT2D eigenvalue weighted by molar-refractivity contribution is 7.17. The lowest BCUT2D eigenvalue weighted by Crippen LogP contribution is -2.43. The molecular formula is C25H22ClFN8O2S. The van der Waals surface area contributed by atoms with Gasteiger partial charge in [0.2, 0.25) is 0 Å². The van der Waals surface area contributed by atoms with Gasteiger partial charge in [-0.15, -0.1) is 0 Å². The monoisotopic (exact) mass is 552 g/mol. The van der Waals surface area contributed by atoms with Gasteiger partial charge in [0, 0.05) is 19.2 Å². The zero-order valence-corrected chi connectivity index (χ0v) is 21.7. The molecule has 1 saturated carbocycles. The largest absolute Gasteiger partial charge is 0.381 e. The topological polar surface area (TPSA) is 124 Å². The quantitative estimate of drug-likeness (QED) is 0.314. The third kappa shape index (κ3) is 4.66. The Morgan fingerprint density at radius 1 is 1.21 bits per heavy atom. The fourth-order valence-electron chi connectivity index (χ4n) is 5.02. The first-order valence-electron chi connectivity index (χ1n) is 11.9. The summed E-state index contributed by atoms with van der Waals surface area (Å²) in [5, 5.41) is 10.1. The van der Waals surface area contributed by atoms with Crippen LogP contribution in [0.25, 0.3) is 33.9 Å². The van der Waals surface area contributed by atoms with Gasteiger partial charge < -0.3 is 14.6 Å². The maximum absolute atomic E-state index is 15.0. The van der Waals surface area contributed by atoms with E-state index in [-0.39, 0.29) is 29.9 Å². The van der Waals surface area contributed by atoms with Gasteiger partial charge in [0.05, 0.1) is 29.6 Å². The Balaban J connectivity index is 1.43. The van der Waals surface area contributed by atoms with Crippen LogP contribution in [0.4, 0.5) is 4.39 Å². The summed E-state index contributed by atoms with van der Waals surface area (Å²) in [7, 11) is 1.66. The Morgan fingerprint density at radius 2 is 2.08 bits per heavy atom. The minimum absolute atomic E-state index is 0.138. The Hall–Kier alpha value is -3.74. The Morgan fingerprint density at radius 3 is 2.82 bits per heavy atom. The van der Waals surface area contributed by atoms with Gasteiger partial charge >= 0.3 is 0 Å². The fourth-order valence-corrected chi connectivity index (χ4v) is 5.84. The van der Waals surface area contributed by atoms with Crippen LogP contribution < -0.4 is 5.32 Å². The molecule has 5 aromatic rings. The Labute approximate surface area is 225 Å². The van der Waals surface area contributed by atoms with E-state index in [4.69, 9.17) is 21.3 Å². The van der Waals surface area contributed by atoms with E-state index in [1.165, 1.54) is 18.6 Å². The standard InChI is InChI=1S/C25H22ClFN8O2S/c1-37-15-7-13(32-24(36)25-29-11-21(26)38-25)6-14(8-15)35-20-9-18(22-30-12-31-34-22)28-10-19(20)33-23(35)16-4-2-3-5-17(16)27/h2-5,9-15H,6-8H2,1H3,(H,32,36)(H,30,31,34)/t13-,14+,15-/m1/s1. The summed E-state index contributed by atoms with van der Waals surface area (Å²) in [6, 6.07) is 8.04. The molecule has 1 amide bonds. The van der Waals surface area contributed by atoms with Crippen LogP contribution in [0.2, 0.25) is 4.34 Å². The van der Waals surface area contributed by atoms with E-state index in [0.717, 1.165) is 16.9 Å². The van der Waals surface area contributed by atoms with Crippen LogP contribution in [0, 0.1) is 5.82 Å². The zero-order chi connectivity index (χ0) is 26.2. The van der Waals surface area contributed by atoms with E-state index in [1.807, 2.05) is 10.6 Å². The summed E-state index contributed by atoms with van der Waals surface area (Å²) < 4.78 is 23.3. The molecule has 0 spiro atoms. The zero-order valence-electron chi connectivity index (χ0n) is 20.1. The van der Waals surface area contributed by atoms with Crippen LogP contribution in [0.5, 0.6) is 0 Å². The third-order valence-electron chi connectivity index (χ3n) is 6.69. The van der Waals surface area contributed by atoms with Gasteiger partial charge in [0.25, 0.3) is 5.91 Å². The molecule has 2 N–H and O–H groups in total. The predicted molar refractivity (Wildman–Crippen MR) is 140 cm³/mol. The number of hydrogen-bond acceptors (Lipinski definition) is 8. The van der Waals surface area contributed by atoms with Crippen LogP contribution in [0.3, 0.4) is 0 Å². The van der Waals surface area contributed by atoms with Crippen molar-refractivity contribution in [3.63, 3.8) is 0 Å². The van der Waals surface area contributed by atoms with Gasteiger partial charge in [0.15, 0.2) is 10.8 Å². The van der Waals surface area contributed by atoms with E-state index in [2.05, 4.69) is 30.5 Å². The van der Waals surface area contributed by atoms with Crippen LogP contribution in [0.15, 0.2) is 49.1 Å². The van der Waals surface area contributed by atoms with Crippen molar-refractivity contribution in [2.45, 2.75) is 37.5 Å². The molecule has 0 unspecified atom stereocenters. The molecule has 38 heavy (non-hydrogen) atoms. The van der Waals surface area contributed by atoms with Crippen molar-refractivity contribution < 1.29 is 13.9 Å². The number of nitrogens with zero attached hydrogens (tertiary/aromatic N) is 6. The second-order valence-corrected chi connectivity index (χ2v) is 10.7. The maximum Gasteiger partial charge on any atom is 0.280 e. The molecule has 0 saturated heterocycles. The number of ether oxygens (including phenoxy) is 1. The fraction of sp³-hybridized carbons (Fsp3) is 0.280. The highest BCUT2D eigenvalue weighted by Crippen LogP contribution is 2.38. The number of imidazole rings is 1. The lowest BCUT2D eigenvalue weighted by Gasteiger charge is -2.36. The first-order valence-corrected chi connectivity index (χ1v) is 13.1. The Kier molecular flexibility index (Phi) is 6.60. The van der Waals surface area contributed by atoms with Crippen molar-refractivity contribution in [1.29, 1.82) is 0 Å². The molecule has 0 bridgehead atoms. The van der Waals surface area contributed by atoms with E-state index in [9.17, 15) is 4.79 Å². The molecule has 3 atom stereocenters. The number of halogens is 2. The molecule has 0 aliphatic heterocycles. The van der Waals surface area contributed by atoms with E-state index in [0.29, 0.717) is 57.0 Å². The third-order valence-corrected chi connectivity index (χ3v) is 7.81. The number of fused-ring (bicyclic) bond motifs is 1. The van der Waals surface area contributed by atoms with Gasteiger partial charge in [-0.05, 0) is 37.5 Å². The molecule has 10 nitrogen and oxygen atoms in total. The summed E-state index contributed by atoms with van der Waals surface area (Å²) in [5.41, 5.74) is 2.34. The van der Waals surface area contributed by atoms with Gasteiger partial charge in [-0.3, -0.25) is 14.9 Å². The minimum atomic E-state index is -0.378. The lowest BCUT2D eigenvalue weighted by atomic mass is 9.88. The number of H-pyrrole nitrogens is 1. The summed E-state index contributed by atoms with van der Waals surface area (Å²) in [4.78, 5) is 30.5. The number of carbonyl (C=O) groups is 1. The highest BCUT2D eigenvalue weighted by atomic mass is 35.5. The lowest BCUT2D eigenvalue weighted by molar-refractivity contribution is 0.0398. The number of benzene rings is 1. The van der Waals surface area contributed by atoms with Crippen molar-refractivity contribution in [3.8, 4) is 22.9 Å². The van der Waals surface area contributed by atoms with Crippen molar-refractivity contribution in [2.24, 2.45) is 0 Å². The van der Waals surface area contributed by atoms with Crippen molar-refractivity contribution >= 4 is 39.9 Å². The SMILES string of the molecule is CO[C@@H]1C[C@H](NC(=O)c2ncc(Cl)s2)C[C@H](n2c(-c3ccccc3F)nc3cnc(-c4ncn[nH]4)cc32)C1. The Bertz CT molecular complexity index is 1600. The first-order chi connectivity index (χ1) is 18.5. The number of aromatic nitrogens is 7. The van der Waals surface area contributed by atoms with E-state index < -0.39 is 0 Å². The molecule has 194 valence electrons. The average molecular weight is 553 g/mol. The van der Waals surface area contributed by atoms with Crippen LogP contribution >= 0.6 is 22.9 Å². The van der Waals surface area contributed by atoms with Crippen molar-refractivity contribution in [3.05, 3.63) is 64.2 Å². The number of hydrogen-bond donors (Lipinski definition) is 2. The van der Waals surface area contributed by atoms with Gasteiger partial charge in [-0.2, -0.15) is 5.10 Å². The van der Waals surface area contributed by atoms with Crippen molar-refractivity contribution in [2.75, 3.05) is 7.11 Å².